The zero-order chi connectivity index (χ0) is 12.4. The van der Waals surface area contributed by atoms with Crippen LogP contribution in [-0.2, 0) is 11.2 Å². The number of hydrogen-bond donors (Lipinski definition) is 1. The quantitative estimate of drug-likeness (QED) is 0.846. The summed E-state index contributed by atoms with van der Waals surface area (Å²) in [5.41, 5.74) is 0.698. The average molecular weight is 248 g/mol. The summed E-state index contributed by atoms with van der Waals surface area (Å²) in [5.74, 6) is -0.737. The van der Waals surface area contributed by atoms with Gasteiger partial charge in [-0.1, -0.05) is 12.1 Å². The molecule has 0 fully saturated rings. The maximum absolute atomic E-state index is 11.2. The second-order valence-electron chi connectivity index (χ2n) is 3.92. The van der Waals surface area contributed by atoms with Crippen LogP contribution >= 0.6 is 11.3 Å². The molecule has 88 valence electrons. The summed E-state index contributed by atoms with van der Waals surface area (Å²) < 4.78 is 1.04. The zero-order valence-corrected chi connectivity index (χ0v) is 10.2. The molecule has 0 bridgehead atoms. The Balaban J connectivity index is 2.30. The number of carboxylic acids is 1. The number of benzene rings is 1. The lowest BCUT2D eigenvalue weighted by molar-refractivity contribution is -0.136. The fraction of sp³-hybridized carbons (Fsp3) is 0.231. The molecule has 0 aliphatic heterocycles. The van der Waals surface area contributed by atoms with Gasteiger partial charge in [0.05, 0.1) is 6.42 Å². The van der Waals surface area contributed by atoms with Gasteiger partial charge in [0, 0.05) is 15.1 Å². The lowest BCUT2D eigenvalue weighted by Gasteiger charge is -1.94. The highest BCUT2D eigenvalue weighted by molar-refractivity contribution is 7.19. The predicted molar refractivity (Wildman–Crippen MR) is 67.8 cm³/mol. The van der Waals surface area contributed by atoms with E-state index in [2.05, 4.69) is 0 Å². The van der Waals surface area contributed by atoms with Gasteiger partial charge in [0.15, 0.2) is 5.78 Å². The number of carbonyl (C=O) groups excluding carboxylic acids is 1. The Bertz CT molecular complexity index is 583. The van der Waals surface area contributed by atoms with Gasteiger partial charge in [0.1, 0.15) is 0 Å². The number of carbonyl (C=O) groups is 2. The van der Waals surface area contributed by atoms with E-state index in [1.165, 1.54) is 0 Å². The molecule has 1 aromatic heterocycles. The highest BCUT2D eigenvalue weighted by Gasteiger charge is 2.06. The van der Waals surface area contributed by atoms with Crippen molar-refractivity contribution in [2.75, 3.05) is 0 Å². The van der Waals surface area contributed by atoms with Gasteiger partial charge in [-0.25, -0.2) is 0 Å². The second kappa shape index (κ2) is 4.67. The van der Waals surface area contributed by atoms with Crippen molar-refractivity contribution < 1.29 is 14.7 Å². The van der Waals surface area contributed by atoms with Crippen LogP contribution in [0.1, 0.15) is 28.6 Å². The standard InChI is InChI=1S/C13H12O3S/c1-8(14)9-2-3-10-6-11(4-5-13(15)16)17-12(10)7-9/h2-3,6-7H,4-5H2,1H3,(H,15,16). The van der Waals surface area contributed by atoms with Gasteiger partial charge in [-0.3, -0.25) is 9.59 Å². The van der Waals surface area contributed by atoms with E-state index in [9.17, 15) is 9.59 Å². The molecule has 0 atom stereocenters. The van der Waals surface area contributed by atoms with Crippen LogP contribution in [0.5, 0.6) is 0 Å². The van der Waals surface area contributed by atoms with Crippen LogP contribution in [0.15, 0.2) is 24.3 Å². The first-order chi connectivity index (χ1) is 8.06. The van der Waals surface area contributed by atoms with Crippen molar-refractivity contribution in [3.63, 3.8) is 0 Å². The van der Waals surface area contributed by atoms with Crippen LogP contribution in [0.2, 0.25) is 0 Å². The second-order valence-corrected chi connectivity index (χ2v) is 5.08. The molecule has 3 nitrogen and oxygen atoms in total. The third-order valence-corrected chi connectivity index (χ3v) is 3.72. The number of fused-ring (bicyclic) bond motifs is 1. The third-order valence-electron chi connectivity index (χ3n) is 2.56. The van der Waals surface area contributed by atoms with Crippen LogP contribution in [0, 0.1) is 0 Å². The molecule has 0 amide bonds. The summed E-state index contributed by atoms with van der Waals surface area (Å²) in [6.45, 7) is 1.54. The molecule has 2 aromatic rings. The Kier molecular flexibility index (Phi) is 3.24. The molecule has 0 radical (unpaired) electrons. The highest BCUT2D eigenvalue weighted by atomic mass is 32.1. The molecule has 0 spiro atoms. The minimum absolute atomic E-state index is 0.0485. The summed E-state index contributed by atoms with van der Waals surface area (Å²) in [6.07, 6.45) is 0.691. The van der Waals surface area contributed by atoms with E-state index >= 15 is 0 Å². The number of rotatable bonds is 4. The predicted octanol–water partition coefficient (Wildman–Crippen LogP) is 3.12. The van der Waals surface area contributed by atoms with Crippen LogP contribution in [0.4, 0.5) is 0 Å². The molecule has 0 aliphatic rings. The number of aliphatic carboxylic acids is 1. The largest absolute Gasteiger partial charge is 0.481 e. The normalized spacial score (nSPS) is 10.6. The Labute approximate surface area is 103 Å². The van der Waals surface area contributed by atoms with Crippen LogP contribution in [0.3, 0.4) is 0 Å². The lowest BCUT2D eigenvalue weighted by Crippen LogP contribution is -1.95. The van der Waals surface area contributed by atoms with E-state index in [4.69, 9.17) is 5.11 Å². The minimum atomic E-state index is -0.785. The molecule has 1 aromatic carbocycles. The Morgan fingerprint density at radius 2 is 2.06 bits per heavy atom. The summed E-state index contributed by atoms with van der Waals surface area (Å²) in [4.78, 5) is 22.8. The van der Waals surface area contributed by atoms with Crippen LogP contribution < -0.4 is 0 Å². The maximum atomic E-state index is 11.2. The molecule has 17 heavy (non-hydrogen) atoms. The molecule has 0 unspecified atom stereocenters. The smallest absolute Gasteiger partial charge is 0.303 e. The number of hydrogen-bond acceptors (Lipinski definition) is 3. The zero-order valence-electron chi connectivity index (χ0n) is 9.40. The van der Waals surface area contributed by atoms with Crippen molar-refractivity contribution in [1.29, 1.82) is 0 Å². The van der Waals surface area contributed by atoms with Crippen molar-refractivity contribution in [2.45, 2.75) is 19.8 Å². The van der Waals surface area contributed by atoms with Gasteiger partial charge >= 0.3 is 5.97 Å². The molecule has 2 rings (SSSR count). The SMILES string of the molecule is CC(=O)c1ccc2cc(CCC(=O)O)sc2c1. The minimum Gasteiger partial charge on any atom is -0.481 e. The fourth-order valence-corrected chi connectivity index (χ4v) is 2.76. The average Bonchev–Trinajstić information content (AvgIpc) is 2.67. The van der Waals surface area contributed by atoms with E-state index in [1.807, 2.05) is 18.2 Å². The molecular weight excluding hydrogens is 236 g/mol. The summed E-state index contributed by atoms with van der Waals surface area (Å²) in [6, 6.07) is 7.57. The first kappa shape index (κ1) is 11.8. The number of aryl methyl sites for hydroxylation is 1. The van der Waals surface area contributed by atoms with Crippen molar-refractivity contribution in [1.82, 2.24) is 0 Å². The topological polar surface area (TPSA) is 54.4 Å². The number of carboxylic acid groups (broad SMARTS) is 1. The monoisotopic (exact) mass is 248 g/mol. The molecule has 0 saturated heterocycles. The van der Waals surface area contributed by atoms with Gasteiger partial charge < -0.3 is 5.11 Å². The van der Waals surface area contributed by atoms with E-state index in [-0.39, 0.29) is 12.2 Å². The van der Waals surface area contributed by atoms with Crippen molar-refractivity contribution in [3.05, 3.63) is 34.7 Å². The summed E-state index contributed by atoms with van der Waals surface area (Å²) >= 11 is 1.56. The molecule has 0 aliphatic carbocycles. The molecular formula is C13H12O3S. The number of Topliss-reactive ketones (excluding diaryl/α,β-unsaturated/α-hetero) is 1. The van der Waals surface area contributed by atoms with Gasteiger partial charge in [0.25, 0.3) is 0 Å². The molecule has 4 heteroatoms. The van der Waals surface area contributed by atoms with Gasteiger partial charge in [0.2, 0.25) is 0 Å². The Morgan fingerprint density at radius 1 is 1.29 bits per heavy atom. The van der Waals surface area contributed by atoms with Gasteiger partial charge in [-0.15, -0.1) is 11.3 Å². The first-order valence-corrected chi connectivity index (χ1v) is 6.13. The summed E-state index contributed by atoms with van der Waals surface area (Å²) in [5, 5.41) is 9.70. The van der Waals surface area contributed by atoms with Gasteiger partial charge in [-0.05, 0) is 30.9 Å². The van der Waals surface area contributed by atoms with E-state index in [0.29, 0.717) is 12.0 Å². The lowest BCUT2D eigenvalue weighted by atomic mass is 10.1. The van der Waals surface area contributed by atoms with E-state index in [1.54, 1.807) is 24.3 Å². The highest BCUT2D eigenvalue weighted by Crippen LogP contribution is 2.27. The van der Waals surface area contributed by atoms with Crippen molar-refractivity contribution in [2.24, 2.45) is 0 Å². The number of thiophene rings is 1. The van der Waals surface area contributed by atoms with Crippen molar-refractivity contribution in [3.8, 4) is 0 Å². The Morgan fingerprint density at radius 3 is 2.71 bits per heavy atom. The first-order valence-electron chi connectivity index (χ1n) is 5.31. The molecule has 0 saturated carbocycles. The van der Waals surface area contributed by atoms with E-state index in [0.717, 1.165) is 15.0 Å². The fourth-order valence-electron chi connectivity index (χ4n) is 1.66. The van der Waals surface area contributed by atoms with Crippen LogP contribution in [0.25, 0.3) is 10.1 Å². The molecule has 1 N–H and O–H groups in total. The van der Waals surface area contributed by atoms with Crippen LogP contribution in [-0.4, -0.2) is 16.9 Å². The van der Waals surface area contributed by atoms with E-state index < -0.39 is 5.97 Å². The Hall–Kier alpha value is -1.68. The maximum Gasteiger partial charge on any atom is 0.303 e. The molecule has 1 heterocycles. The number of ketones is 1. The van der Waals surface area contributed by atoms with Crippen molar-refractivity contribution >= 4 is 33.2 Å². The summed E-state index contributed by atoms with van der Waals surface area (Å²) in [7, 11) is 0. The third kappa shape index (κ3) is 2.71. The van der Waals surface area contributed by atoms with Gasteiger partial charge in [-0.2, -0.15) is 0 Å².